The van der Waals surface area contributed by atoms with Crippen LogP contribution in [-0.4, -0.2) is 21.1 Å². The van der Waals surface area contributed by atoms with Gasteiger partial charge in [0.2, 0.25) is 0 Å². The molecule has 0 N–H and O–H groups in total. The molecule has 16 heavy (non-hydrogen) atoms. The Labute approximate surface area is 97.9 Å². The van der Waals surface area contributed by atoms with Crippen molar-refractivity contribution in [2.24, 2.45) is 0 Å². The topological polar surface area (TPSA) is 47.8 Å². The minimum absolute atomic E-state index is 0.552. The number of halogens is 1. The molecular weight excluding hydrogens is 226 g/mol. The fourth-order valence-electron chi connectivity index (χ4n) is 1.44. The van der Waals surface area contributed by atoms with Gasteiger partial charge in [-0.3, -0.25) is 4.79 Å². The smallest absolute Gasteiger partial charge is 0.156 e. The zero-order chi connectivity index (χ0) is 11.7. The summed E-state index contributed by atoms with van der Waals surface area (Å²) in [5.41, 5.74) is 2.18. The zero-order valence-electron chi connectivity index (χ0n) is 8.94. The van der Waals surface area contributed by atoms with Gasteiger partial charge >= 0.3 is 0 Å². The zero-order valence-corrected chi connectivity index (χ0v) is 9.69. The van der Waals surface area contributed by atoms with Crippen LogP contribution in [-0.2, 0) is 0 Å². The van der Waals surface area contributed by atoms with Crippen LogP contribution in [0.25, 0.3) is 5.82 Å². The second-order valence-corrected chi connectivity index (χ2v) is 3.94. The van der Waals surface area contributed by atoms with Crippen LogP contribution >= 0.6 is 11.6 Å². The molecule has 0 fully saturated rings. The molecule has 5 heteroatoms. The summed E-state index contributed by atoms with van der Waals surface area (Å²) in [7, 11) is 0. The molecular formula is C11H10ClN3O. The quantitative estimate of drug-likeness (QED) is 0.751. The molecule has 0 aliphatic carbocycles. The predicted octanol–water partition coefficient (Wildman–Crippen LogP) is 2.35. The van der Waals surface area contributed by atoms with Gasteiger partial charge in [-0.2, -0.15) is 5.10 Å². The highest BCUT2D eigenvalue weighted by Crippen LogP contribution is 2.17. The fraction of sp³-hybridized carbons (Fsp3) is 0.182. The van der Waals surface area contributed by atoms with Crippen molar-refractivity contribution >= 4 is 17.9 Å². The molecule has 82 valence electrons. The van der Waals surface area contributed by atoms with Gasteiger partial charge in [0.15, 0.2) is 12.1 Å². The number of rotatable bonds is 2. The second kappa shape index (κ2) is 4.06. The van der Waals surface area contributed by atoms with Crippen LogP contribution < -0.4 is 0 Å². The van der Waals surface area contributed by atoms with Crippen molar-refractivity contribution in [2.75, 3.05) is 0 Å². The van der Waals surface area contributed by atoms with Gasteiger partial charge in [0.25, 0.3) is 0 Å². The van der Waals surface area contributed by atoms with Crippen LogP contribution in [0.3, 0.4) is 0 Å². The van der Waals surface area contributed by atoms with Crippen molar-refractivity contribution in [3.05, 3.63) is 40.3 Å². The number of carbonyl (C=O) groups excluding carboxylic acids is 1. The Kier molecular flexibility index (Phi) is 2.75. The molecule has 0 amide bonds. The SMILES string of the molecule is Cc1cc(C=O)cnc1-n1cc(Cl)c(C)n1. The number of hydrogen-bond donors (Lipinski definition) is 0. The first-order chi connectivity index (χ1) is 7.61. The molecule has 0 aliphatic heterocycles. The summed E-state index contributed by atoms with van der Waals surface area (Å²) < 4.78 is 1.61. The predicted molar refractivity (Wildman–Crippen MR) is 61.2 cm³/mol. The van der Waals surface area contributed by atoms with E-state index in [0.717, 1.165) is 17.5 Å². The van der Waals surface area contributed by atoms with Crippen LogP contribution in [0.5, 0.6) is 0 Å². The van der Waals surface area contributed by atoms with E-state index in [2.05, 4.69) is 10.1 Å². The number of hydrogen-bond acceptors (Lipinski definition) is 3. The van der Waals surface area contributed by atoms with Crippen LogP contribution in [0.1, 0.15) is 21.6 Å². The Balaban J connectivity index is 2.52. The Morgan fingerprint density at radius 3 is 2.69 bits per heavy atom. The lowest BCUT2D eigenvalue weighted by Crippen LogP contribution is -2.02. The van der Waals surface area contributed by atoms with Crippen LogP contribution in [0.4, 0.5) is 0 Å². The molecule has 2 rings (SSSR count). The summed E-state index contributed by atoms with van der Waals surface area (Å²) in [4.78, 5) is 14.8. The maximum atomic E-state index is 10.6. The van der Waals surface area contributed by atoms with E-state index in [1.165, 1.54) is 6.20 Å². The highest BCUT2D eigenvalue weighted by Gasteiger charge is 2.08. The summed E-state index contributed by atoms with van der Waals surface area (Å²) in [6.07, 6.45) is 3.98. The van der Waals surface area contributed by atoms with Crippen LogP contribution in [0.2, 0.25) is 5.02 Å². The monoisotopic (exact) mass is 235 g/mol. The summed E-state index contributed by atoms with van der Waals surface area (Å²) in [5, 5.41) is 4.83. The van der Waals surface area contributed by atoms with Crippen molar-refractivity contribution in [1.82, 2.24) is 14.8 Å². The average molecular weight is 236 g/mol. The third kappa shape index (κ3) is 1.84. The molecule has 2 heterocycles. The molecule has 0 aromatic carbocycles. The van der Waals surface area contributed by atoms with Crippen LogP contribution in [0.15, 0.2) is 18.5 Å². The van der Waals surface area contributed by atoms with Gasteiger partial charge in [-0.15, -0.1) is 0 Å². The van der Waals surface area contributed by atoms with Gasteiger partial charge in [0, 0.05) is 11.8 Å². The third-order valence-corrected chi connectivity index (χ3v) is 2.63. The molecule has 0 radical (unpaired) electrons. The lowest BCUT2D eigenvalue weighted by molar-refractivity contribution is 0.112. The van der Waals surface area contributed by atoms with Gasteiger partial charge < -0.3 is 0 Å². The van der Waals surface area contributed by atoms with E-state index in [0.29, 0.717) is 16.4 Å². The van der Waals surface area contributed by atoms with Crippen molar-refractivity contribution in [2.45, 2.75) is 13.8 Å². The van der Waals surface area contributed by atoms with Crippen molar-refractivity contribution in [3.63, 3.8) is 0 Å². The molecule has 0 aliphatic rings. The third-order valence-electron chi connectivity index (χ3n) is 2.26. The Morgan fingerprint density at radius 1 is 1.44 bits per heavy atom. The molecule has 2 aromatic heterocycles. The van der Waals surface area contributed by atoms with Gasteiger partial charge in [0.1, 0.15) is 0 Å². The maximum absolute atomic E-state index is 10.6. The first-order valence-electron chi connectivity index (χ1n) is 4.76. The van der Waals surface area contributed by atoms with E-state index in [9.17, 15) is 4.79 Å². The number of pyridine rings is 1. The highest BCUT2D eigenvalue weighted by molar-refractivity contribution is 6.31. The standard InChI is InChI=1S/C11H10ClN3O/c1-7-3-9(6-16)4-13-11(7)15-5-10(12)8(2)14-15/h3-6H,1-2H3. The Bertz CT molecular complexity index is 529. The Morgan fingerprint density at radius 2 is 2.19 bits per heavy atom. The minimum Gasteiger partial charge on any atom is -0.298 e. The minimum atomic E-state index is 0.552. The number of carbonyl (C=O) groups is 1. The normalized spacial score (nSPS) is 10.4. The lowest BCUT2D eigenvalue weighted by Gasteiger charge is -2.04. The lowest BCUT2D eigenvalue weighted by atomic mass is 10.2. The van der Waals surface area contributed by atoms with Crippen LogP contribution in [0, 0.1) is 13.8 Å². The van der Waals surface area contributed by atoms with Gasteiger partial charge in [-0.05, 0) is 25.5 Å². The molecule has 2 aromatic rings. The van der Waals surface area contributed by atoms with Crippen molar-refractivity contribution in [3.8, 4) is 5.82 Å². The van der Waals surface area contributed by atoms with Gasteiger partial charge in [-0.25, -0.2) is 9.67 Å². The van der Waals surface area contributed by atoms with Crippen molar-refractivity contribution < 1.29 is 4.79 Å². The molecule has 4 nitrogen and oxygen atoms in total. The first-order valence-corrected chi connectivity index (χ1v) is 5.13. The van der Waals surface area contributed by atoms with Crippen molar-refractivity contribution in [1.29, 1.82) is 0 Å². The average Bonchev–Trinajstić information content (AvgIpc) is 2.58. The second-order valence-electron chi connectivity index (χ2n) is 3.53. The summed E-state index contributed by atoms with van der Waals surface area (Å²) in [6, 6.07) is 1.76. The largest absolute Gasteiger partial charge is 0.298 e. The fourth-order valence-corrected chi connectivity index (χ4v) is 1.57. The van der Waals surface area contributed by atoms with Gasteiger partial charge in [0.05, 0.1) is 16.9 Å². The maximum Gasteiger partial charge on any atom is 0.156 e. The van der Waals surface area contributed by atoms with E-state index >= 15 is 0 Å². The van der Waals surface area contributed by atoms with E-state index < -0.39 is 0 Å². The summed E-state index contributed by atoms with van der Waals surface area (Å²) in [6.45, 7) is 3.70. The Hall–Kier alpha value is -1.68. The molecule has 0 atom stereocenters. The molecule has 0 bridgehead atoms. The highest BCUT2D eigenvalue weighted by atomic mass is 35.5. The summed E-state index contributed by atoms with van der Waals surface area (Å²) in [5.74, 6) is 0.681. The van der Waals surface area contributed by atoms with Gasteiger partial charge in [-0.1, -0.05) is 11.6 Å². The van der Waals surface area contributed by atoms with E-state index in [4.69, 9.17) is 11.6 Å². The number of nitrogens with zero attached hydrogens (tertiary/aromatic N) is 3. The number of aryl methyl sites for hydroxylation is 2. The first kappa shape index (κ1) is 10.8. The molecule has 0 unspecified atom stereocenters. The molecule has 0 saturated heterocycles. The molecule has 0 saturated carbocycles. The van der Waals surface area contributed by atoms with E-state index in [-0.39, 0.29) is 0 Å². The van der Waals surface area contributed by atoms with E-state index in [1.807, 2.05) is 13.8 Å². The molecule has 0 spiro atoms. The van der Waals surface area contributed by atoms with E-state index in [1.54, 1.807) is 16.9 Å². The number of aldehydes is 1. The number of aromatic nitrogens is 3. The summed E-state index contributed by atoms with van der Waals surface area (Å²) >= 11 is 5.92.